The molecule has 110 valence electrons. The zero-order valence-electron chi connectivity index (χ0n) is 11.4. The molecule has 2 N–H and O–H groups in total. The van der Waals surface area contributed by atoms with Gasteiger partial charge in [-0.3, -0.25) is 9.69 Å². The Bertz CT molecular complexity index is 611. The van der Waals surface area contributed by atoms with E-state index >= 15 is 0 Å². The van der Waals surface area contributed by atoms with Gasteiger partial charge in [0.1, 0.15) is 0 Å². The normalized spacial score (nSPS) is 10.6. The third-order valence-corrected chi connectivity index (χ3v) is 3.43. The number of carboxylic acid groups (broad SMARTS) is 1. The summed E-state index contributed by atoms with van der Waals surface area (Å²) in [5.41, 5.74) is 1.20. The monoisotopic (exact) mass is 305 g/mol. The second-order valence-electron chi connectivity index (χ2n) is 4.56. The molecule has 7 heteroatoms. The van der Waals surface area contributed by atoms with Gasteiger partial charge in [-0.2, -0.15) is 0 Å². The number of carboxylic acids is 1. The molecular weight excluding hydrogens is 290 g/mol. The van der Waals surface area contributed by atoms with Crippen molar-refractivity contribution in [1.82, 2.24) is 9.88 Å². The number of thiazole rings is 1. The highest BCUT2D eigenvalue weighted by Gasteiger charge is 2.09. The van der Waals surface area contributed by atoms with Gasteiger partial charge in [-0.25, -0.2) is 9.78 Å². The number of carbonyl (C=O) groups is 2. The number of nitrogens with zero attached hydrogens (tertiary/aromatic N) is 2. The Labute approximate surface area is 126 Å². The summed E-state index contributed by atoms with van der Waals surface area (Å²) in [6.07, 6.45) is 1.63. The van der Waals surface area contributed by atoms with Gasteiger partial charge in [-0.15, -0.1) is 11.3 Å². The molecule has 0 unspecified atom stereocenters. The van der Waals surface area contributed by atoms with Crippen molar-refractivity contribution in [3.05, 3.63) is 47.0 Å². The lowest BCUT2D eigenvalue weighted by Gasteiger charge is -2.15. The molecule has 0 fully saturated rings. The van der Waals surface area contributed by atoms with E-state index in [2.05, 4.69) is 10.3 Å². The quantitative estimate of drug-likeness (QED) is 0.852. The van der Waals surface area contributed by atoms with Crippen LogP contribution < -0.4 is 5.32 Å². The molecule has 1 aromatic carbocycles. The maximum Gasteiger partial charge on any atom is 0.335 e. The molecule has 0 radical (unpaired) electrons. The number of rotatable bonds is 6. The maximum absolute atomic E-state index is 11.8. The number of aromatic nitrogens is 1. The van der Waals surface area contributed by atoms with Gasteiger partial charge in [0.15, 0.2) is 5.13 Å². The topological polar surface area (TPSA) is 82.5 Å². The number of aromatic carboxylic acids is 1. The molecule has 1 heterocycles. The predicted molar refractivity (Wildman–Crippen MR) is 80.5 cm³/mol. The molecule has 1 aromatic heterocycles. The number of nitrogens with one attached hydrogen (secondary N) is 1. The minimum atomic E-state index is -0.947. The van der Waals surface area contributed by atoms with E-state index in [1.807, 2.05) is 11.9 Å². The van der Waals surface area contributed by atoms with Crippen LogP contribution in [-0.4, -0.2) is 40.5 Å². The maximum atomic E-state index is 11.8. The highest BCUT2D eigenvalue weighted by Crippen LogP contribution is 2.10. The summed E-state index contributed by atoms with van der Waals surface area (Å²) in [4.78, 5) is 28.4. The van der Waals surface area contributed by atoms with E-state index in [9.17, 15) is 9.59 Å². The van der Waals surface area contributed by atoms with Crippen molar-refractivity contribution in [1.29, 1.82) is 0 Å². The second kappa shape index (κ2) is 6.96. The average molecular weight is 305 g/mol. The molecule has 0 aliphatic heterocycles. The Kier molecular flexibility index (Phi) is 5.02. The summed E-state index contributed by atoms with van der Waals surface area (Å²) in [5, 5.41) is 13.9. The highest BCUT2D eigenvalue weighted by molar-refractivity contribution is 7.13. The minimum Gasteiger partial charge on any atom is -0.478 e. The van der Waals surface area contributed by atoms with Crippen LogP contribution in [0.25, 0.3) is 0 Å². The molecule has 0 spiro atoms. The standard InChI is InChI=1S/C14H15N3O3S/c1-17(9-12(18)16-14-15-6-7-21-14)8-10-2-4-11(5-3-10)13(19)20/h2-7H,8-9H2,1H3,(H,19,20)(H,15,16,18). The van der Waals surface area contributed by atoms with Gasteiger partial charge in [0, 0.05) is 18.1 Å². The molecule has 0 aliphatic rings. The molecule has 6 nitrogen and oxygen atoms in total. The fourth-order valence-corrected chi connectivity index (χ4v) is 2.35. The first-order chi connectivity index (χ1) is 10.0. The Morgan fingerprint density at radius 1 is 1.33 bits per heavy atom. The first-order valence-corrected chi connectivity index (χ1v) is 7.12. The first kappa shape index (κ1) is 15.1. The number of hydrogen-bond donors (Lipinski definition) is 2. The van der Waals surface area contributed by atoms with Crippen LogP contribution in [0.2, 0.25) is 0 Å². The van der Waals surface area contributed by atoms with Crippen LogP contribution >= 0.6 is 11.3 Å². The third-order valence-electron chi connectivity index (χ3n) is 2.75. The second-order valence-corrected chi connectivity index (χ2v) is 5.45. The fraction of sp³-hybridized carbons (Fsp3) is 0.214. The van der Waals surface area contributed by atoms with Crippen LogP contribution in [0.1, 0.15) is 15.9 Å². The lowest BCUT2D eigenvalue weighted by molar-refractivity contribution is -0.117. The van der Waals surface area contributed by atoms with Crippen LogP contribution in [0.3, 0.4) is 0 Å². The lowest BCUT2D eigenvalue weighted by atomic mass is 10.1. The molecule has 0 bridgehead atoms. The van der Waals surface area contributed by atoms with Gasteiger partial charge in [-0.05, 0) is 24.7 Å². The highest BCUT2D eigenvalue weighted by atomic mass is 32.1. The summed E-state index contributed by atoms with van der Waals surface area (Å²) in [6, 6.07) is 6.61. The Morgan fingerprint density at radius 2 is 2.05 bits per heavy atom. The smallest absolute Gasteiger partial charge is 0.335 e. The fourth-order valence-electron chi connectivity index (χ4n) is 1.81. The summed E-state index contributed by atoms with van der Waals surface area (Å²) < 4.78 is 0. The van der Waals surface area contributed by atoms with Gasteiger partial charge in [0.2, 0.25) is 5.91 Å². The Balaban J connectivity index is 1.84. The number of anilines is 1. The van der Waals surface area contributed by atoms with Crippen LogP contribution in [0.15, 0.2) is 35.8 Å². The summed E-state index contributed by atoms with van der Waals surface area (Å²) >= 11 is 1.37. The van der Waals surface area contributed by atoms with Crippen molar-refractivity contribution >= 4 is 28.3 Å². The summed E-state index contributed by atoms with van der Waals surface area (Å²) in [6.45, 7) is 0.797. The molecule has 0 saturated heterocycles. The largest absolute Gasteiger partial charge is 0.478 e. The molecule has 0 atom stereocenters. The zero-order valence-corrected chi connectivity index (χ0v) is 12.3. The third kappa shape index (κ3) is 4.66. The van der Waals surface area contributed by atoms with Crippen molar-refractivity contribution in [3.8, 4) is 0 Å². The molecule has 1 amide bonds. The summed E-state index contributed by atoms with van der Waals surface area (Å²) in [5.74, 6) is -1.08. The van der Waals surface area contributed by atoms with E-state index in [1.54, 1.807) is 35.8 Å². The van der Waals surface area contributed by atoms with E-state index in [1.165, 1.54) is 11.3 Å². The van der Waals surface area contributed by atoms with Crippen molar-refractivity contribution < 1.29 is 14.7 Å². The SMILES string of the molecule is CN(CC(=O)Nc1nccs1)Cc1ccc(C(=O)O)cc1. The number of carbonyl (C=O) groups excluding carboxylic acids is 1. The van der Waals surface area contributed by atoms with Gasteiger partial charge in [-0.1, -0.05) is 12.1 Å². The number of amides is 1. The zero-order chi connectivity index (χ0) is 15.2. The molecule has 21 heavy (non-hydrogen) atoms. The Hall–Kier alpha value is -2.25. The van der Waals surface area contributed by atoms with E-state index < -0.39 is 5.97 Å². The molecular formula is C14H15N3O3S. The Morgan fingerprint density at radius 3 is 2.62 bits per heavy atom. The lowest BCUT2D eigenvalue weighted by Crippen LogP contribution is -2.29. The van der Waals surface area contributed by atoms with Crippen LogP contribution in [0.4, 0.5) is 5.13 Å². The molecule has 0 saturated carbocycles. The van der Waals surface area contributed by atoms with Crippen molar-refractivity contribution in [2.45, 2.75) is 6.54 Å². The van der Waals surface area contributed by atoms with Crippen LogP contribution in [-0.2, 0) is 11.3 Å². The molecule has 2 aromatic rings. The van der Waals surface area contributed by atoms with E-state index in [0.717, 1.165) is 5.56 Å². The number of benzene rings is 1. The van der Waals surface area contributed by atoms with E-state index in [4.69, 9.17) is 5.11 Å². The number of likely N-dealkylation sites (N-methyl/N-ethyl adjacent to an activating group) is 1. The van der Waals surface area contributed by atoms with Gasteiger partial charge >= 0.3 is 5.97 Å². The number of hydrogen-bond acceptors (Lipinski definition) is 5. The van der Waals surface area contributed by atoms with Gasteiger partial charge in [0.25, 0.3) is 0 Å². The van der Waals surface area contributed by atoms with E-state index in [0.29, 0.717) is 11.7 Å². The van der Waals surface area contributed by atoms with Gasteiger partial charge < -0.3 is 10.4 Å². The van der Waals surface area contributed by atoms with Crippen molar-refractivity contribution in [2.24, 2.45) is 0 Å². The van der Waals surface area contributed by atoms with E-state index in [-0.39, 0.29) is 18.0 Å². The van der Waals surface area contributed by atoms with Gasteiger partial charge in [0.05, 0.1) is 12.1 Å². The average Bonchev–Trinajstić information content (AvgIpc) is 2.91. The van der Waals surface area contributed by atoms with Crippen molar-refractivity contribution in [3.63, 3.8) is 0 Å². The molecule has 0 aliphatic carbocycles. The van der Waals surface area contributed by atoms with Crippen LogP contribution in [0, 0.1) is 0 Å². The minimum absolute atomic E-state index is 0.130. The van der Waals surface area contributed by atoms with Crippen LogP contribution in [0.5, 0.6) is 0 Å². The van der Waals surface area contributed by atoms with Crippen molar-refractivity contribution in [2.75, 3.05) is 18.9 Å². The predicted octanol–water partition coefficient (Wildman–Crippen LogP) is 1.91. The first-order valence-electron chi connectivity index (χ1n) is 6.24. The molecule has 2 rings (SSSR count). The summed E-state index contributed by atoms with van der Waals surface area (Å²) in [7, 11) is 1.83.